The summed E-state index contributed by atoms with van der Waals surface area (Å²) in [5.74, 6) is -1.06. The van der Waals surface area contributed by atoms with E-state index in [1.165, 1.54) is 6.07 Å². The van der Waals surface area contributed by atoms with Gasteiger partial charge in [-0.2, -0.15) is 0 Å². The average molecular weight is 183 g/mol. The number of hydrogen-bond donors (Lipinski definition) is 4. The fraction of sp³-hybridized carbons (Fsp3) is 0.333. The summed E-state index contributed by atoms with van der Waals surface area (Å²) in [4.78, 5) is 0. The molecule has 0 saturated heterocycles. The average Bonchev–Trinajstić information content (AvgIpc) is 2.13. The molecule has 0 radical (unpaired) electrons. The van der Waals surface area contributed by atoms with Gasteiger partial charge in [-0.1, -0.05) is 0 Å². The monoisotopic (exact) mass is 183 g/mol. The lowest BCUT2D eigenvalue weighted by Gasteiger charge is -2.13. The van der Waals surface area contributed by atoms with E-state index in [4.69, 9.17) is 5.11 Å². The van der Waals surface area contributed by atoms with Crippen LogP contribution >= 0.6 is 0 Å². The highest BCUT2D eigenvalue weighted by molar-refractivity contribution is 5.53. The molecule has 0 aliphatic rings. The molecule has 1 aromatic rings. The normalized spacial score (nSPS) is 12.8. The van der Waals surface area contributed by atoms with Gasteiger partial charge in [-0.15, -0.1) is 0 Å². The van der Waals surface area contributed by atoms with Crippen molar-refractivity contribution in [3.8, 4) is 17.2 Å². The zero-order valence-electron chi connectivity index (χ0n) is 7.57. The number of phenolic OH excluding ortho intramolecular Hbond substituents is 3. The van der Waals surface area contributed by atoms with E-state index in [9.17, 15) is 10.2 Å². The summed E-state index contributed by atoms with van der Waals surface area (Å²) >= 11 is 0. The Kier molecular flexibility index (Phi) is 2.63. The Labute approximate surface area is 76.5 Å². The van der Waals surface area contributed by atoms with Crippen LogP contribution in [0.1, 0.15) is 18.5 Å². The third kappa shape index (κ3) is 1.67. The number of rotatable bonds is 2. The fourth-order valence-electron chi connectivity index (χ4n) is 1.09. The SMILES string of the molecule is CN[C@H](C)c1ccc(O)c(O)c1O. The Morgan fingerprint density at radius 3 is 2.31 bits per heavy atom. The first-order valence-corrected chi connectivity index (χ1v) is 3.99. The molecule has 0 aliphatic heterocycles. The number of aromatic hydroxyl groups is 3. The van der Waals surface area contributed by atoms with E-state index in [0.29, 0.717) is 5.56 Å². The van der Waals surface area contributed by atoms with Crippen LogP contribution in [0.15, 0.2) is 12.1 Å². The lowest BCUT2D eigenvalue weighted by atomic mass is 10.1. The van der Waals surface area contributed by atoms with Crippen molar-refractivity contribution in [1.82, 2.24) is 5.32 Å². The van der Waals surface area contributed by atoms with Gasteiger partial charge in [0.05, 0.1) is 0 Å². The summed E-state index contributed by atoms with van der Waals surface area (Å²) in [6.45, 7) is 1.84. The Morgan fingerprint density at radius 2 is 1.77 bits per heavy atom. The maximum Gasteiger partial charge on any atom is 0.200 e. The predicted molar refractivity (Wildman–Crippen MR) is 48.9 cm³/mol. The first kappa shape index (κ1) is 9.67. The molecule has 0 aliphatic carbocycles. The lowest BCUT2D eigenvalue weighted by Crippen LogP contribution is -2.12. The van der Waals surface area contributed by atoms with Gasteiger partial charge in [0.2, 0.25) is 5.75 Å². The van der Waals surface area contributed by atoms with Crippen molar-refractivity contribution in [2.45, 2.75) is 13.0 Å². The first-order valence-electron chi connectivity index (χ1n) is 3.99. The van der Waals surface area contributed by atoms with E-state index in [-0.39, 0.29) is 17.5 Å². The number of hydrogen-bond acceptors (Lipinski definition) is 4. The first-order chi connectivity index (χ1) is 6.07. The molecule has 0 bridgehead atoms. The minimum Gasteiger partial charge on any atom is -0.504 e. The molecule has 0 saturated carbocycles. The molecule has 0 unspecified atom stereocenters. The van der Waals surface area contributed by atoms with Gasteiger partial charge in [-0.25, -0.2) is 0 Å². The number of benzene rings is 1. The van der Waals surface area contributed by atoms with E-state index in [2.05, 4.69) is 5.32 Å². The van der Waals surface area contributed by atoms with Crippen LogP contribution in [-0.2, 0) is 0 Å². The van der Waals surface area contributed by atoms with E-state index in [1.54, 1.807) is 13.1 Å². The molecule has 0 amide bonds. The molecule has 1 rings (SSSR count). The van der Waals surface area contributed by atoms with Gasteiger partial charge in [-0.05, 0) is 26.1 Å². The molecule has 0 spiro atoms. The summed E-state index contributed by atoms with van der Waals surface area (Å²) in [6.07, 6.45) is 0. The molecular weight excluding hydrogens is 170 g/mol. The van der Waals surface area contributed by atoms with E-state index in [1.807, 2.05) is 6.92 Å². The molecule has 1 atom stereocenters. The van der Waals surface area contributed by atoms with Crippen LogP contribution in [0.3, 0.4) is 0 Å². The van der Waals surface area contributed by atoms with Crippen LogP contribution in [0.5, 0.6) is 17.2 Å². The van der Waals surface area contributed by atoms with Crippen LogP contribution in [0.25, 0.3) is 0 Å². The number of nitrogens with one attached hydrogen (secondary N) is 1. The second-order valence-electron chi connectivity index (χ2n) is 2.88. The molecular formula is C9H13NO3. The predicted octanol–water partition coefficient (Wildman–Crippen LogP) is 1.08. The van der Waals surface area contributed by atoms with Gasteiger partial charge < -0.3 is 20.6 Å². The number of phenols is 3. The summed E-state index contributed by atoms with van der Waals surface area (Å²) in [7, 11) is 1.74. The van der Waals surface area contributed by atoms with Gasteiger partial charge in [0.25, 0.3) is 0 Å². The van der Waals surface area contributed by atoms with Crippen LogP contribution in [-0.4, -0.2) is 22.4 Å². The van der Waals surface area contributed by atoms with Crippen molar-refractivity contribution in [1.29, 1.82) is 0 Å². The molecule has 0 heterocycles. The highest BCUT2D eigenvalue weighted by atomic mass is 16.3. The van der Waals surface area contributed by atoms with E-state index < -0.39 is 5.75 Å². The zero-order chi connectivity index (χ0) is 10.0. The van der Waals surface area contributed by atoms with Crippen molar-refractivity contribution in [2.24, 2.45) is 0 Å². The van der Waals surface area contributed by atoms with Crippen LogP contribution in [0.2, 0.25) is 0 Å². The molecule has 72 valence electrons. The smallest absolute Gasteiger partial charge is 0.200 e. The van der Waals surface area contributed by atoms with Crippen molar-refractivity contribution >= 4 is 0 Å². The molecule has 4 N–H and O–H groups in total. The van der Waals surface area contributed by atoms with Gasteiger partial charge in [0.1, 0.15) is 0 Å². The van der Waals surface area contributed by atoms with E-state index in [0.717, 1.165) is 0 Å². The van der Waals surface area contributed by atoms with Gasteiger partial charge in [-0.3, -0.25) is 0 Å². The largest absolute Gasteiger partial charge is 0.504 e. The summed E-state index contributed by atoms with van der Waals surface area (Å²) in [5.41, 5.74) is 0.554. The van der Waals surface area contributed by atoms with Crippen molar-refractivity contribution in [2.75, 3.05) is 7.05 Å². The van der Waals surface area contributed by atoms with Crippen molar-refractivity contribution in [3.05, 3.63) is 17.7 Å². The Balaban J connectivity index is 3.18. The van der Waals surface area contributed by atoms with E-state index >= 15 is 0 Å². The summed E-state index contributed by atoms with van der Waals surface area (Å²) in [6, 6.07) is 2.83. The zero-order valence-corrected chi connectivity index (χ0v) is 7.57. The maximum absolute atomic E-state index is 9.43. The van der Waals surface area contributed by atoms with Crippen LogP contribution in [0.4, 0.5) is 0 Å². The third-order valence-corrected chi connectivity index (χ3v) is 2.06. The Hall–Kier alpha value is -1.42. The molecule has 13 heavy (non-hydrogen) atoms. The van der Waals surface area contributed by atoms with Gasteiger partial charge in [0, 0.05) is 11.6 Å². The topological polar surface area (TPSA) is 72.7 Å². The Morgan fingerprint density at radius 1 is 1.15 bits per heavy atom. The minimum atomic E-state index is -0.473. The van der Waals surface area contributed by atoms with Crippen molar-refractivity contribution in [3.63, 3.8) is 0 Å². The standard InChI is InChI=1S/C9H13NO3/c1-5(10-2)6-3-4-7(11)9(13)8(6)12/h3-5,10-13H,1-2H3/t5-/m1/s1. The second kappa shape index (κ2) is 3.53. The maximum atomic E-state index is 9.43. The second-order valence-corrected chi connectivity index (χ2v) is 2.88. The summed E-state index contributed by atoms with van der Waals surface area (Å²) in [5, 5.41) is 30.6. The van der Waals surface area contributed by atoms with Crippen molar-refractivity contribution < 1.29 is 15.3 Å². The third-order valence-electron chi connectivity index (χ3n) is 2.06. The highest BCUT2D eigenvalue weighted by Crippen LogP contribution is 2.39. The Bertz CT molecular complexity index is 312. The molecule has 4 nitrogen and oxygen atoms in total. The molecule has 4 heteroatoms. The highest BCUT2D eigenvalue weighted by Gasteiger charge is 2.14. The van der Waals surface area contributed by atoms with Crippen LogP contribution < -0.4 is 5.32 Å². The van der Waals surface area contributed by atoms with Gasteiger partial charge >= 0.3 is 0 Å². The molecule has 1 aromatic carbocycles. The quantitative estimate of drug-likeness (QED) is 0.518. The lowest BCUT2D eigenvalue weighted by molar-refractivity contribution is 0.362. The molecule has 0 aromatic heterocycles. The van der Waals surface area contributed by atoms with Gasteiger partial charge in [0.15, 0.2) is 11.5 Å². The fourth-order valence-corrected chi connectivity index (χ4v) is 1.09. The van der Waals surface area contributed by atoms with Crippen LogP contribution in [0, 0.1) is 0 Å². The minimum absolute atomic E-state index is 0.0773. The summed E-state index contributed by atoms with van der Waals surface area (Å²) < 4.78 is 0. The molecule has 0 fully saturated rings.